The number of aryl methyl sites for hydroxylation is 1. The van der Waals surface area contributed by atoms with Crippen molar-refractivity contribution in [3.05, 3.63) is 70.8 Å². The van der Waals surface area contributed by atoms with Crippen molar-refractivity contribution in [3.8, 4) is 5.75 Å². The maximum Gasteiger partial charge on any atom is 0.343 e. The van der Waals surface area contributed by atoms with Gasteiger partial charge in [0.15, 0.2) is 5.84 Å². The van der Waals surface area contributed by atoms with E-state index in [-0.39, 0.29) is 11.4 Å². The molecule has 0 unspecified atom stereocenters. The van der Waals surface area contributed by atoms with Gasteiger partial charge in [0.25, 0.3) is 5.91 Å². The lowest BCUT2D eigenvalue weighted by Crippen LogP contribution is -2.35. The molecule has 2 aliphatic rings. The van der Waals surface area contributed by atoms with Crippen LogP contribution in [0.15, 0.2) is 64.2 Å². The zero-order valence-electron chi connectivity index (χ0n) is 15.7. The number of hydrazone groups is 1. The first-order valence-corrected chi connectivity index (χ1v) is 9.58. The Balaban J connectivity index is 1.52. The smallest absolute Gasteiger partial charge is 0.343 e. The first-order chi connectivity index (χ1) is 13.9. The molecule has 1 amide bonds. The summed E-state index contributed by atoms with van der Waals surface area (Å²) in [4.78, 5) is 28.5. The Labute approximate surface area is 171 Å². The lowest BCUT2D eigenvalue weighted by molar-refractivity contribution is -0.114. The monoisotopic (exact) mass is 404 g/mol. The maximum atomic E-state index is 12.3. The fourth-order valence-electron chi connectivity index (χ4n) is 2.82. The van der Waals surface area contributed by atoms with Gasteiger partial charge < -0.3 is 4.74 Å². The fraction of sp³-hybridized carbons (Fsp3) is 0.0952. The third kappa shape index (κ3) is 3.88. The van der Waals surface area contributed by atoms with Crippen LogP contribution in [0.25, 0.3) is 6.08 Å². The molecule has 0 fully saturated rings. The van der Waals surface area contributed by atoms with Crippen molar-refractivity contribution in [3.63, 3.8) is 0 Å². The van der Waals surface area contributed by atoms with Crippen LogP contribution in [0.2, 0.25) is 0 Å². The topological polar surface area (TPSA) is 95.2 Å². The lowest BCUT2D eigenvalue weighted by atomic mass is 10.1. The van der Waals surface area contributed by atoms with Crippen LogP contribution >= 0.6 is 11.8 Å². The molecule has 2 aromatic carbocycles. The minimum Gasteiger partial charge on any atom is -0.423 e. The van der Waals surface area contributed by atoms with E-state index < -0.39 is 11.9 Å². The molecule has 0 radical (unpaired) electrons. The number of fused-ring (bicyclic) bond motifs is 1. The van der Waals surface area contributed by atoms with E-state index in [9.17, 15) is 9.59 Å². The number of aliphatic imine (C=N–C) groups is 1. The van der Waals surface area contributed by atoms with Crippen LogP contribution in [-0.2, 0) is 4.79 Å². The largest absolute Gasteiger partial charge is 0.423 e. The molecule has 0 saturated heterocycles. The summed E-state index contributed by atoms with van der Waals surface area (Å²) in [6.07, 6.45) is 1.57. The van der Waals surface area contributed by atoms with Gasteiger partial charge in [0, 0.05) is 0 Å². The summed E-state index contributed by atoms with van der Waals surface area (Å²) in [5.41, 5.74) is 2.28. The molecule has 0 aliphatic carbocycles. The number of rotatable bonds is 3. The predicted molar refractivity (Wildman–Crippen MR) is 113 cm³/mol. The number of ether oxygens (including phenoxy) is 1. The van der Waals surface area contributed by atoms with Crippen molar-refractivity contribution < 1.29 is 14.3 Å². The number of hydrogen-bond donors (Lipinski definition) is 1. The summed E-state index contributed by atoms with van der Waals surface area (Å²) >= 11 is 1.26. The minimum atomic E-state index is -0.478. The second-order valence-corrected chi connectivity index (χ2v) is 7.63. The zero-order valence-corrected chi connectivity index (χ0v) is 16.5. The third-order valence-electron chi connectivity index (χ3n) is 4.21. The van der Waals surface area contributed by atoms with Crippen molar-refractivity contribution in [2.45, 2.75) is 13.8 Å². The van der Waals surface area contributed by atoms with Gasteiger partial charge in [-0.25, -0.2) is 4.79 Å². The fourth-order valence-corrected chi connectivity index (χ4v) is 3.56. The Kier molecular flexibility index (Phi) is 4.85. The molecule has 1 N–H and O–H groups in total. The second kappa shape index (κ2) is 7.48. The minimum absolute atomic E-state index is 0.0145. The average Bonchev–Trinajstić information content (AvgIpc) is 3.06. The van der Waals surface area contributed by atoms with Crippen molar-refractivity contribution in [1.82, 2.24) is 5.01 Å². The average molecular weight is 404 g/mol. The number of esters is 1. The molecule has 8 heteroatoms. The highest BCUT2D eigenvalue weighted by molar-refractivity contribution is 8.26. The van der Waals surface area contributed by atoms with Crippen molar-refractivity contribution >= 4 is 45.8 Å². The molecule has 0 atom stereocenters. The van der Waals surface area contributed by atoms with Gasteiger partial charge in [-0.3, -0.25) is 10.2 Å². The number of carbonyl (C=O) groups excluding carboxylic acids is 2. The molecule has 2 aromatic rings. The first-order valence-electron chi connectivity index (χ1n) is 8.76. The van der Waals surface area contributed by atoms with Crippen LogP contribution in [0.1, 0.15) is 28.4 Å². The van der Waals surface area contributed by atoms with Gasteiger partial charge in [-0.1, -0.05) is 29.8 Å². The van der Waals surface area contributed by atoms with Crippen molar-refractivity contribution in [2.24, 2.45) is 10.1 Å². The van der Waals surface area contributed by atoms with Gasteiger partial charge in [0.1, 0.15) is 5.75 Å². The standard InChI is InChI=1S/C21H16N4O3S/c1-12-4-3-5-15(10-12)20(27)28-16-8-6-14(7-9-16)11-17-18(22)25-21(23-19(17)26)29-13(2)24-25/h3-11,22H,1-2H3. The van der Waals surface area contributed by atoms with Crippen LogP contribution in [0.4, 0.5) is 0 Å². The highest BCUT2D eigenvalue weighted by atomic mass is 32.2. The summed E-state index contributed by atoms with van der Waals surface area (Å²) in [6, 6.07) is 13.9. The van der Waals surface area contributed by atoms with Crippen LogP contribution in [-0.4, -0.2) is 32.9 Å². The molecule has 0 saturated carbocycles. The van der Waals surface area contributed by atoms with E-state index >= 15 is 0 Å². The predicted octanol–water partition coefficient (Wildman–Crippen LogP) is 3.85. The lowest BCUT2D eigenvalue weighted by Gasteiger charge is -2.20. The van der Waals surface area contributed by atoms with Crippen LogP contribution in [0, 0.1) is 12.3 Å². The molecule has 0 aromatic heterocycles. The van der Waals surface area contributed by atoms with E-state index in [0.717, 1.165) is 10.6 Å². The van der Waals surface area contributed by atoms with Crippen LogP contribution < -0.4 is 4.74 Å². The summed E-state index contributed by atoms with van der Waals surface area (Å²) < 4.78 is 5.39. The normalized spacial score (nSPS) is 17.2. The van der Waals surface area contributed by atoms with Crippen LogP contribution in [0.3, 0.4) is 0 Å². The Hall–Kier alpha value is -3.52. The molecule has 7 nitrogen and oxygen atoms in total. The Morgan fingerprint density at radius 2 is 1.93 bits per heavy atom. The Bertz CT molecular complexity index is 1130. The van der Waals surface area contributed by atoms with E-state index in [1.165, 1.54) is 16.8 Å². The van der Waals surface area contributed by atoms with Gasteiger partial charge in [-0.2, -0.15) is 15.1 Å². The number of benzene rings is 2. The number of amidine groups is 2. The van der Waals surface area contributed by atoms with Gasteiger partial charge in [0.05, 0.1) is 16.2 Å². The molecular formula is C21H16N4O3S. The van der Waals surface area contributed by atoms with Gasteiger partial charge in [0.2, 0.25) is 5.17 Å². The van der Waals surface area contributed by atoms with Crippen molar-refractivity contribution in [2.75, 3.05) is 0 Å². The zero-order chi connectivity index (χ0) is 20.5. The molecule has 0 spiro atoms. The molecule has 2 heterocycles. The molecule has 29 heavy (non-hydrogen) atoms. The molecule has 0 bridgehead atoms. The Morgan fingerprint density at radius 3 is 2.66 bits per heavy atom. The number of amides is 1. The van der Waals surface area contributed by atoms with E-state index in [1.54, 1.807) is 55.5 Å². The first kappa shape index (κ1) is 18.8. The summed E-state index contributed by atoms with van der Waals surface area (Å²) in [5.74, 6) is -0.543. The second-order valence-electron chi connectivity index (χ2n) is 6.47. The maximum absolute atomic E-state index is 12.3. The molecule has 2 aliphatic heterocycles. The number of hydrogen-bond acceptors (Lipinski definition) is 6. The molecule has 4 rings (SSSR count). The number of nitrogens with one attached hydrogen (secondary N) is 1. The van der Waals surface area contributed by atoms with E-state index in [4.69, 9.17) is 10.1 Å². The third-order valence-corrected chi connectivity index (χ3v) is 5.03. The Morgan fingerprint density at radius 1 is 1.17 bits per heavy atom. The number of carbonyl (C=O) groups is 2. The highest BCUT2D eigenvalue weighted by Crippen LogP contribution is 2.28. The molecule has 144 valence electrons. The summed E-state index contributed by atoms with van der Waals surface area (Å²) in [6.45, 7) is 3.70. The summed E-state index contributed by atoms with van der Waals surface area (Å²) in [7, 11) is 0. The van der Waals surface area contributed by atoms with E-state index in [2.05, 4.69) is 10.1 Å². The van der Waals surface area contributed by atoms with E-state index in [0.29, 0.717) is 22.0 Å². The van der Waals surface area contributed by atoms with Crippen molar-refractivity contribution in [1.29, 1.82) is 5.41 Å². The van der Waals surface area contributed by atoms with Gasteiger partial charge in [-0.05, 0) is 61.5 Å². The highest BCUT2D eigenvalue weighted by Gasteiger charge is 2.34. The van der Waals surface area contributed by atoms with E-state index in [1.807, 2.05) is 13.0 Å². The SMILES string of the molecule is CC1=NN2C(=N)C(=Cc3ccc(OC(=O)c4cccc(C)c4)cc3)C(=O)N=C2S1. The van der Waals surface area contributed by atoms with Gasteiger partial charge in [-0.15, -0.1) is 0 Å². The van der Waals surface area contributed by atoms with Gasteiger partial charge >= 0.3 is 5.97 Å². The number of nitrogens with zero attached hydrogens (tertiary/aromatic N) is 3. The summed E-state index contributed by atoms with van der Waals surface area (Å²) in [5, 5.41) is 14.9. The van der Waals surface area contributed by atoms with Crippen LogP contribution in [0.5, 0.6) is 5.75 Å². The quantitative estimate of drug-likeness (QED) is 0.476. The number of thioether (sulfide) groups is 1. The molecular weight excluding hydrogens is 388 g/mol.